The number of benzene rings is 2. The van der Waals surface area contributed by atoms with Gasteiger partial charge in [0.1, 0.15) is 29.8 Å². The van der Waals surface area contributed by atoms with Crippen LogP contribution >= 0.6 is 0 Å². The monoisotopic (exact) mass is 288 g/mol. The van der Waals surface area contributed by atoms with Gasteiger partial charge in [-0.15, -0.1) is 0 Å². The Labute approximate surface area is 122 Å². The van der Waals surface area contributed by atoms with E-state index < -0.39 is 0 Å². The Morgan fingerprint density at radius 2 is 1.95 bits per heavy atom. The molecule has 0 saturated carbocycles. The topological polar surface area (TPSA) is 68.3 Å². The highest BCUT2D eigenvalue weighted by Crippen LogP contribution is 2.24. The van der Waals surface area contributed by atoms with Crippen molar-refractivity contribution in [3.05, 3.63) is 58.9 Å². The van der Waals surface area contributed by atoms with Crippen LogP contribution < -0.4 is 15.2 Å². The van der Waals surface area contributed by atoms with E-state index in [9.17, 15) is 4.39 Å². The molecule has 5 heteroatoms. The predicted octanol–water partition coefficient (Wildman–Crippen LogP) is 3.01. The van der Waals surface area contributed by atoms with E-state index in [2.05, 4.69) is 0 Å². The maximum atomic E-state index is 13.2. The van der Waals surface area contributed by atoms with Crippen molar-refractivity contribution in [3.63, 3.8) is 0 Å². The first-order valence-corrected chi connectivity index (χ1v) is 6.41. The van der Waals surface area contributed by atoms with Crippen molar-refractivity contribution in [2.45, 2.75) is 13.5 Å². The molecular formula is C16H17FN2O2. The van der Waals surface area contributed by atoms with Crippen LogP contribution in [0.15, 0.2) is 36.4 Å². The summed E-state index contributed by atoms with van der Waals surface area (Å²) >= 11 is 0. The number of nitrogen functional groups attached to an aromatic ring is 1. The lowest BCUT2D eigenvalue weighted by molar-refractivity contribution is 0.293. The molecule has 0 amide bonds. The van der Waals surface area contributed by atoms with E-state index >= 15 is 0 Å². The fourth-order valence-corrected chi connectivity index (χ4v) is 1.94. The summed E-state index contributed by atoms with van der Waals surface area (Å²) in [4.78, 5) is 0. The number of hydrogen-bond acceptors (Lipinski definition) is 3. The van der Waals surface area contributed by atoms with Gasteiger partial charge in [-0.25, -0.2) is 4.39 Å². The van der Waals surface area contributed by atoms with Gasteiger partial charge in [0.2, 0.25) is 0 Å². The Morgan fingerprint density at radius 3 is 2.62 bits per heavy atom. The summed E-state index contributed by atoms with van der Waals surface area (Å²) < 4.78 is 24.1. The Kier molecular flexibility index (Phi) is 4.42. The highest BCUT2D eigenvalue weighted by atomic mass is 19.1. The quantitative estimate of drug-likeness (QED) is 0.656. The molecule has 0 aromatic heterocycles. The van der Waals surface area contributed by atoms with Gasteiger partial charge in [0.15, 0.2) is 0 Å². The van der Waals surface area contributed by atoms with E-state index in [1.165, 1.54) is 12.1 Å². The fourth-order valence-electron chi connectivity index (χ4n) is 1.94. The van der Waals surface area contributed by atoms with Crippen LogP contribution in [0.2, 0.25) is 0 Å². The summed E-state index contributed by atoms with van der Waals surface area (Å²) in [6.45, 7) is 2.05. The molecule has 2 aromatic carbocycles. The van der Waals surface area contributed by atoms with Crippen molar-refractivity contribution in [2.24, 2.45) is 5.73 Å². The minimum atomic E-state index is -0.347. The highest BCUT2D eigenvalue weighted by molar-refractivity contribution is 5.95. The van der Waals surface area contributed by atoms with Crippen LogP contribution in [0.1, 0.15) is 16.7 Å². The van der Waals surface area contributed by atoms with E-state index in [1.54, 1.807) is 31.4 Å². The summed E-state index contributed by atoms with van der Waals surface area (Å²) in [7, 11) is 1.56. The van der Waals surface area contributed by atoms with Crippen LogP contribution in [-0.2, 0) is 6.61 Å². The average molecular weight is 288 g/mol. The summed E-state index contributed by atoms with van der Waals surface area (Å²) in [5.74, 6) is 0.736. The third-order valence-corrected chi connectivity index (χ3v) is 3.12. The average Bonchev–Trinajstić information content (AvgIpc) is 2.47. The van der Waals surface area contributed by atoms with Gasteiger partial charge in [-0.1, -0.05) is 6.07 Å². The van der Waals surface area contributed by atoms with E-state index in [4.69, 9.17) is 20.6 Å². The minimum absolute atomic E-state index is 0.0270. The van der Waals surface area contributed by atoms with Crippen LogP contribution in [0.25, 0.3) is 0 Å². The molecule has 0 aliphatic heterocycles. The summed E-state index contributed by atoms with van der Waals surface area (Å²) in [6, 6.07) is 9.56. The van der Waals surface area contributed by atoms with E-state index in [1.807, 2.05) is 6.92 Å². The van der Waals surface area contributed by atoms with Gasteiger partial charge in [-0.3, -0.25) is 5.41 Å². The van der Waals surface area contributed by atoms with Crippen LogP contribution in [0.3, 0.4) is 0 Å². The number of ether oxygens (including phenoxy) is 2. The molecule has 0 aliphatic carbocycles. The Hall–Kier alpha value is -2.56. The normalized spacial score (nSPS) is 10.2. The molecule has 0 fully saturated rings. The maximum Gasteiger partial charge on any atom is 0.126 e. The van der Waals surface area contributed by atoms with Gasteiger partial charge in [-0.2, -0.15) is 0 Å². The van der Waals surface area contributed by atoms with E-state index in [-0.39, 0.29) is 18.3 Å². The highest BCUT2D eigenvalue weighted by Gasteiger charge is 2.08. The Bertz CT molecular complexity index is 671. The number of halogens is 1. The lowest BCUT2D eigenvalue weighted by Crippen LogP contribution is -2.12. The number of methoxy groups -OCH3 is 1. The molecule has 0 atom stereocenters. The van der Waals surface area contributed by atoms with Gasteiger partial charge in [0.05, 0.1) is 7.11 Å². The third kappa shape index (κ3) is 3.51. The smallest absolute Gasteiger partial charge is 0.126 e. The fraction of sp³-hybridized carbons (Fsp3) is 0.188. The molecule has 0 heterocycles. The molecule has 110 valence electrons. The van der Waals surface area contributed by atoms with Crippen molar-refractivity contribution in [3.8, 4) is 11.5 Å². The predicted molar refractivity (Wildman–Crippen MR) is 79.5 cm³/mol. The second-order valence-electron chi connectivity index (χ2n) is 4.64. The zero-order chi connectivity index (χ0) is 15.4. The van der Waals surface area contributed by atoms with Crippen LogP contribution in [0, 0.1) is 18.2 Å². The molecule has 2 rings (SSSR count). The van der Waals surface area contributed by atoms with Crippen LogP contribution in [0.5, 0.6) is 11.5 Å². The molecule has 4 nitrogen and oxygen atoms in total. The zero-order valence-corrected chi connectivity index (χ0v) is 11.9. The van der Waals surface area contributed by atoms with Gasteiger partial charge >= 0.3 is 0 Å². The van der Waals surface area contributed by atoms with Crippen LogP contribution in [-0.4, -0.2) is 12.9 Å². The van der Waals surface area contributed by atoms with Crippen LogP contribution in [0.4, 0.5) is 4.39 Å². The second-order valence-corrected chi connectivity index (χ2v) is 4.64. The molecule has 0 bridgehead atoms. The van der Waals surface area contributed by atoms with Crippen molar-refractivity contribution >= 4 is 5.84 Å². The third-order valence-electron chi connectivity index (χ3n) is 3.12. The molecular weight excluding hydrogens is 271 g/mol. The zero-order valence-electron chi connectivity index (χ0n) is 11.9. The SMILES string of the molecule is COc1ccc(C(=N)N)cc1COc1cc(F)ccc1C. The number of nitrogens with one attached hydrogen (secondary N) is 1. The number of aryl methyl sites for hydroxylation is 1. The molecule has 0 spiro atoms. The number of amidine groups is 1. The van der Waals surface area contributed by atoms with E-state index in [0.29, 0.717) is 17.1 Å². The summed E-state index contributed by atoms with van der Waals surface area (Å²) in [5, 5.41) is 7.46. The van der Waals surface area contributed by atoms with Gasteiger partial charge < -0.3 is 15.2 Å². The van der Waals surface area contributed by atoms with Gasteiger partial charge in [-0.05, 0) is 36.8 Å². The maximum absolute atomic E-state index is 13.2. The molecule has 0 unspecified atom stereocenters. The molecule has 0 aliphatic rings. The summed E-state index contributed by atoms with van der Waals surface area (Å²) in [5.41, 5.74) is 7.66. The van der Waals surface area contributed by atoms with Crippen molar-refractivity contribution in [1.82, 2.24) is 0 Å². The minimum Gasteiger partial charge on any atom is -0.496 e. The lowest BCUT2D eigenvalue weighted by atomic mass is 10.1. The first-order valence-electron chi connectivity index (χ1n) is 6.41. The van der Waals surface area contributed by atoms with Crippen molar-refractivity contribution in [1.29, 1.82) is 5.41 Å². The lowest BCUT2D eigenvalue weighted by Gasteiger charge is -2.13. The van der Waals surface area contributed by atoms with Crippen molar-refractivity contribution < 1.29 is 13.9 Å². The molecule has 0 saturated heterocycles. The van der Waals surface area contributed by atoms with Crippen molar-refractivity contribution in [2.75, 3.05) is 7.11 Å². The Morgan fingerprint density at radius 1 is 1.19 bits per heavy atom. The second kappa shape index (κ2) is 6.26. The number of rotatable bonds is 5. The first kappa shape index (κ1) is 14.8. The van der Waals surface area contributed by atoms with E-state index in [0.717, 1.165) is 11.1 Å². The first-order chi connectivity index (χ1) is 10.0. The molecule has 0 radical (unpaired) electrons. The summed E-state index contributed by atoms with van der Waals surface area (Å²) in [6.07, 6.45) is 0. The van der Waals surface area contributed by atoms with Gasteiger partial charge in [0.25, 0.3) is 0 Å². The standard InChI is InChI=1S/C16H17FN2O2/c1-10-3-5-13(17)8-15(10)21-9-12-7-11(16(18)19)4-6-14(12)20-2/h3-8H,9H2,1-2H3,(H3,18,19). The molecule has 3 N–H and O–H groups in total. The number of hydrogen-bond donors (Lipinski definition) is 2. The molecule has 21 heavy (non-hydrogen) atoms. The Balaban J connectivity index is 2.24. The largest absolute Gasteiger partial charge is 0.496 e. The van der Waals surface area contributed by atoms with Gasteiger partial charge in [0, 0.05) is 17.2 Å². The number of nitrogens with two attached hydrogens (primary N) is 1. The molecule has 2 aromatic rings.